The molecule has 0 aromatic rings. The van der Waals surface area contributed by atoms with Gasteiger partial charge in [-0.2, -0.15) is 0 Å². The lowest BCUT2D eigenvalue weighted by Crippen LogP contribution is -2.49. The van der Waals surface area contributed by atoms with Crippen LogP contribution in [0.2, 0.25) is 0 Å². The highest BCUT2D eigenvalue weighted by Gasteiger charge is 2.21. The van der Waals surface area contributed by atoms with Gasteiger partial charge in [-0.05, 0) is 6.54 Å². The number of carbonyl (C=O) groups is 1. The van der Waals surface area contributed by atoms with Crippen LogP contribution in [0.1, 0.15) is 6.92 Å². The summed E-state index contributed by atoms with van der Waals surface area (Å²) in [6.07, 6.45) is 0. The molecule has 0 spiro atoms. The van der Waals surface area contributed by atoms with Gasteiger partial charge in [-0.25, -0.2) is 0 Å². The van der Waals surface area contributed by atoms with Crippen molar-refractivity contribution < 1.29 is 9.90 Å². The highest BCUT2D eigenvalue weighted by Crippen LogP contribution is 2.05. The summed E-state index contributed by atoms with van der Waals surface area (Å²) in [6, 6.07) is 0. The van der Waals surface area contributed by atoms with Crippen molar-refractivity contribution in [2.24, 2.45) is 0 Å². The highest BCUT2D eigenvalue weighted by atomic mass is 16.3. The monoisotopic (exact) mass is 198 g/mol. The molecule has 0 radical (unpaired) electrons. The summed E-state index contributed by atoms with van der Waals surface area (Å²) in [7, 11) is 0. The third-order valence-electron chi connectivity index (χ3n) is 2.60. The lowest BCUT2D eigenvalue weighted by molar-refractivity contribution is -0.129. The second-order valence-corrected chi connectivity index (χ2v) is 3.49. The third kappa shape index (κ3) is 2.56. The second kappa shape index (κ2) is 5.12. The Labute approximate surface area is 84.8 Å². The molecule has 0 unspecified atom stereocenters. The van der Waals surface area contributed by atoms with Gasteiger partial charge in [0.05, 0.1) is 6.61 Å². The molecule has 0 bridgehead atoms. The van der Waals surface area contributed by atoms with Gasteiger partial charge >= 0.3 is 0 Å². The Balaban J connectivity index is 2.41. The minimum Gasteiger partial charge on any atom is -0.391 e. The van der Waals surface area contributed by atoms with Crippen molar-refractivity contribution in [3.8, 4) is 0 Å². The van der Waals surface area contributed by atoms with Gasteiger partial charge in [0.15, 0.2) is 0 Å². The van der Waals surface area contributed by atoms with Crippen LogP contribution < -0.4 is 0 Å². The molecule has 0 aliphatic carbocycles. The fraction of sp³-hybridized carbons (Fsp3) is 0.700. The number of nitrogens with zero attached hydrogens (tertiary/aromatic N) is 2. The zero-order chi connectivity index (χ0) is 10.6. The Hall–Kier alpha value is -0.870. The average Bonchev–Trinajstić information content (AvgIpc) is 2.27. The topological polar surface area (TPSA) is 43.8 Å². The first-order valence-corrected chi connectivity index (χ1v) is 4.99. The number of rotatable bonds is 3. The smallest absolute Gasteiger partial charge is 0.251 e. The fourth-order valence-electron chi connectivity index (χ4n) is 1.56. The molecule has 80 valence electrons. The Bertz CT molecular complexity index is 220. The van der Waals surface area contributed by atoms with Crippen LogP contribution in [0, 0.1) is 0 Å². The summed E-state index contributed by atoms with van der Waals surface area (Å²) < 4.78 is 0. The molecule has 1 aliphatic heterocycles. The quantitative estimate of drug-likeness (QED) is 0.633. The Kier molecular flexibility index (Phi) is 4.10. The summed E-state index contributed by atoms with van der Waals surface area (Å²) in [5.41, 5.74) is 0.287. The first-order valence-electron chi connectivity index (χ1n) is 4.99. The van der Waals surface area contributed by atoms with E-state index >= 15 is 0 Å². The minimum atomic E-state index is -0.243. The van der Waals surface area contributed by atoms with E-state index in [0.717, 1.165) is 32.7 Å². The van der Waals surface area contributed by atoms with Gasteiger partial charge in [0.25, 0.3) is 5.91 Å². The van der Waals surface area contributed by atoms with Crippen LogP contribution in [0.4, 0.5) is 0 Å². The van der Waals surface area contributed by atoms with Gasteiger partial charge < -0.3 is 14.9 Å². The number of amides is 1. The summed E-state index contributed by atoms with van der Waals surface area (Å²) in [5.74, 6) is -0.108. The molecule has 0 aromatic heterocycles. The third-order valence-corrected chi connectivity index (χ3v) is 2.60. The lowest BCUT2D eigenvalue weighted by Gasteiger charge is -2.34. The molecule has 1 heterocycles. The molecule has 1 saturated heterocycles. The van der Waals surface area contributed by atoms with E-state index in [-0.39, 0.29) is 18.1 Å². The normalized spacial score (nSPS) is 18.3. The van der Waals surface area contributed by atoms with Crippen molar-refractivity contribution in [2.45, 2.75) is 6.92 Å². The number of piperazine rings is 1. The predicted octanol–water partition coefficient (Wildman–Crippen LogP) is -0.301. The van der Waals surface area contributed by atoms with Crippen LogP contribution in [0.15, 0.2) is 12.2 Å². The first kappa shape index (κ1) is 11.2. The van der Waals surface area contributed by atoms with Crippen molar-refractivity contribution in [3.05, 3.63) is 12.2 Å². The molecular weight excluding hydrogens is 180 g/mol. The number of hydrogen-bond acceptors (Lipinski definition) is 3. The van der Waals surface area contributed by atoms with Crippen molar-refractivity contribution in [1.29, 1.82) is 0 Å². The Morgan fingerprint density at radius 1 is 1.36 bits per heavy atom. The highest BCUT2D eigenvalue weighted by molar-refractivity contribution is 5.93. The lowest BCUT2D eigenvalue weighted by atomic mass is 10.2. The first-order chi connectivity index (χ1) is 6.69. The molecule has 1 aliphatic rings. The molecule has 0 atom stereocenters. The molecule has 1 rings (SSSR count). The zero-order valence-electron chi connectivity index (χ0n) is 8.70. The molecule has 14 heavy (non-hydrogen) atoms. The van der Waals surface area contributed by atoms with E-state index in [2.05, 4.69) is 18.4 Å². The molecule has 0 saturated carbocycles. The van der Waals surface area contributed by atoms with E-state index in [1.807, 2.05) is 0 Å². The summed E-state index contributed by atoms with van der Waals surface area (Å²) in [6.45, 7) is 9.75. The largest absolute Gasteiger partial charge is 0.391 e. The standard InChI is InChI=1S/C10H18N2O2/c1-3-11-4-6-12(7-5-11)10(14)9(2)8-13/h13H,2-8H2,1H3. The van der Waals surface area contributed by atoms with Crippen molar-refractivity contribution in [1.82, 2.24) is 9.80 Å². The second-order valence-electron chi connectivity index (χ2n) is 3.49. The van der Waals surface area contributed by atoms with Crippen LogP contribution in [0.3, 0.4) is 0 Å². The fourth-order valence-corrected chi connectivity index (χ4v) is 1.56. The van der Waals surface area contributed by atoms with Crippen LogP contribution in [-0.4, -0.2) is 60.1 Å². The summed E-state index contributed by atoms with van der Waals surface area (Å²) in [5, 5.41) is 8.78. The molecule has 4 heteroatoms. The van der Waals surface area contributed by atoms with Crippen molar-refractivity contribution in [3.63, 3.8) is 0 Å². The maximum atomic E-state index is 11.6. The maximum absolute atomic E-state index is 11.6. The van der Waals surface area contributed by atoms with E-state index in [1.165, 1.54) is 0 Å². The summed E-state index contributed by atoms with van der Waals surface area (Å²) in [4.78, 5) is 15.6. The number of hydrogen-bond donors (Lipinski definition) is 1. The van der Waals surface area contributed by atoms with Gasteiger partial charge in [-0.15, -0.1) is 0 Å². The maximum Gasteiger partial charge on any atom is 0.251 e. The Morgan fingerprint density at radius 2 is 1.93 bits per heavy atom. The number of aliphatic hydroxyl groups excluding tert-OH is 1. The van der Waals surface area contributed by atoms with E-state index in [0.29, 0.717) is 0 Å². The van der Waals surface area contributed by atoms with Crippen LogP contribution in [0.5, 0.6) is 0 Å². The van der Waals surface area contributed by atoms with Gasteiger partial charge in [-0.3, -0.25) is 4.79 Å². The SMILES string of the molecule is C=C(CO)C(=O)N1CCN(CC)CC1. The van der Waals surface area contributed by atoms with E-state index in [4.69, 9.17) is 5.11 Å². The van der Waals surface area contributed by atoms with E-state index in [9.17, 15) is 4.79 Å². The molecular formula is C10H18N2O2. The predicted molar refractivity (Wildman–Crippen MR) is 54.9 cm³/mol. The van der Waals surface area contributed by atoms with Gasteiger partial charge in [-0.1, -0.05) is 13.5 Å². The van der Waals surface area contributed by atoms with Crippen LogP contribution in [-0.2, 0) is 4.79 Å². The van der Waals surface area contributed by atoms with Crippen LogP contribution >= 0.6 is 0 Å². The summed E-state index contributed by atoms with van der Waals surface area (Å²) >= 11 is 0. The van der Waals surface area contributed by atoms with Gasteiger partial charge in [0, 0.05) is 31.8 Å². The Morgan fingerprint density at radius 3 is 2.36 bits per heavy atom. The van der Waals surface area contributed by atoms with E-state index in [1.54, 1.807) is 4.90 Å². The average molecular weight is 198 g/mol. The van der Waals surface area contributed by atoms with E-state index < -0.39 is 0 Å². The molecule has 1 N–H and O–H groups in total. The van der Waals surface area contributed by atoms with Gasteiger partial charge in [0.1, 0.15) is 0 Å². The van der Waals surface area contributed by atoms with Crippen molar-refractivity contribution in [2.75, 3.05) is 39.3 Å². The number of likely N-dealkylation sites (N-methyl/N-ethyl adjacent to an activating group) is 1. The number of carbonyl (C=O) groups excluding carboxylic acids is 1. The van der Waals surface area contributed by atoms with Crippen molar-refractivity contribution >= 4 is 5.91 Å². The molecule has 1 fully saturated rings. The number of aliphatic hydroxyl groups is 1. The molecule has 1 amide bonds. The van der Waals surface area contributed by atoms with Crippen LogP contribution in [0.25, 0.3) is 0 Å². The zero-order valence-corrected chi connectivity index (χ0v) is 8.70. The molecule has 0 aromatic carbocycles. The molecule has 4 nitrogen and oxygen atoms in total. The van der Waals surface area contributed by atoms with Gasteiger partial charge in [0.2, 0.25) is 0 Å². The minimum absolute atomic E-state index is 0.108.